The Labute approximate surface area is 164 Å². The number of likely N-dealkylation sites (tertiary alicyclic amines) is 1. The molecule has 5 heteroatoms. The molecule has 1 amide bonds. The van der Waals surface area contributed by atoms with E-state index in [1.165, 1.54) is 12.1 Å². The highest BCUT2D eigenvalue weighted by Crippen LogP contribution is 2.25. The molecule has 1 aliphatic heterocycles. The summed E-state index contributed by atoms with van der Waals surface area (Å²) in [6, 6.07) is 17.9. The van der Waals surface area contributed by atoms with Crippen LogP contribution in [0, 0.1) is 5.82 Å². The van der Waals surface area contributed by atoms with E-state index in [1.54, 1.807) is 24.5 Å². The van der Waals surface area contributed by atoms with Crippen molar-refractivity contribution < 1.29 is 9.18 Å². The number of rotatable bonds is 5. The van der Waals surface area contributed by atoms with Crippen molar-refractivity contribution in [3.05, 3.63) is 84.4 Å². The number of benzene rings is 2. The average Bonchev–Trinajstić information content (AvgIpc) is 3.18. The lowest BCUT2D eigenvalue weighted by Gasteiger charge is -2.23. The molecule has 0 bridgehead atoms. The number of carbonyl (C=O) groups excluding carboxylic acids is 1. The smallest absolute Gasteiger partial charge is 0.241 e. The minimum Gasteiger partial charge on any atom is -0.325 e. The Morgan fingerprint density at radius 1 is 1.07 bits per heavy atom. The summed E-state index contributed by atoms with van der Waals surface area (Å²) >= 11 is 0. The van der Waals surface area contributed by atoms with Crippen molar-refractivity contribution in [3.63, 3.8) is 0 Å². The lowest BCUT2D eigenvalue weighted by molar-refractivity contribution is -0.120. The normalized spacial score (nSPS) is 16.8. The molecule has 4 nitrogen and oxygen atoms in total. The Morgan fingerprint density at radius 2 is 1.86 bits per heavy atom. The molecule has 28 heavy (non-hydrogen) atoms. The summed E-state index contributed by atoms with van der Waals surface area (Å²) < 4.78 is 13.2. The first-order valence-corrected chi connectivity index (χ1v) is 9.49. The molecule has 142 valence electrons. The number of hydrogen-bond donors (Lipinski definition) is 1. The molecule has 1 saturated heterocycles. The van der Waals surface area contributed by atoms with Gasteiger partial charge < -0.3 is 5.32 Å². The van der Waals surface area contributed by atoms with Crippen molar-refractivity contribution in [2.24, 2.45) is 0 Å². The van der Waals surface area contributed by atoms with Crippen LogP contribution in [0.2, 0.25) is 0 Å². The van der Waals surface area contributed by atoms with Gasteiger partial charge in [0.25, 0.3) is 0 Å². The van der Waals surface area contributed by atoms with Gasteiger partial charge in [-0.3, -0.25) is 14.7 Å². The molecule has 1 atom stereocenters. The van der Waals surface area contributed by atoms with Crippen LogP contribution in [0.1, 0.15) is 18.4 Å². The van der Waals surface area contributed by atoms with E-state index in [1.807, 2.05) is 36.4 Å². The molecule has 0 aliphatic carbocycles. The van der Waals surface area contributed by atoms with Crippen molar-refractivity contribution in [1.29, 1.82) is 0 Å². The van der Waals surface area contributed by atoms with Gasteiger partial charge in [-0.05, 0) is 72.5 Å². The molecule has 1 aromatic heterocycles. The first-order chi connectivity index (χ1) is 13.7. The summed E-state index contributed by atoms with van der Waals surface area (Å²) in [6.45, 7) is 1.66. The van der Waals surface area contributed by atoms with Gasteiger partial charge >= 0.3 is 0 Å². The fraction of sp³-hybridized carbons (Fsp3) is 0.217. The average molecular weight is 375 g/mol. The van der Waals surface area contributed by atoms with Crippen LogP contribution in [-0.4, -0.2) is 28.4 Å². The van der Waals surface area contributed by atoms with E-state index in [2.05, 4.69) is 15.2 Å². The van der Waals surface area contributed by atoms with Crippen molar-refractivity contribution in [2.75, 3.05) is 11.9 Å². The van der Waals surface area contributed by atoms with Gasteiger partial charge in [0.15, 0.2) is 0 Å². The molecule has 3 aromatic rings. The summed E-state index contributed by atoms with van der Waals surface area (Å²) in [5, 5.41) is 3.05. The summed E-state index contributed by atoms with van der Waals surface area (Å²) in [4.78, 5) is 19.2. The van der Waals surface area contributed by atoms with Crippen LogP contribution >= 0.6 is 0 Å². The molecule has 1 N–H and O–H groups in total. The second kappa shape index (κ2) is 8.31. The van der Waals surface area contributed by atoms with E-state index >= 15 is 0 Å². The zero-order valence-electron chi connectivity index (χ0n) is 15.5. The maximum Gasteiger partial charge on any atom is 0.241 e. The van der Waals surface area contributed by atoms with Crippen molar-refractivity contribution in [1.82, 2.24) is 9.88 Å². The number of nitrogens with one attached hydrogen (secondary N) is 1. The van der Waals surface area contributed by atoms with Crippen LogP contribution in [0.15, 0.2) is 73.1 Å². The SMILES string of the molecule is O=C(Nc1cccc(-c2ccc(F)cc2)c1)C1CCCN1Cc1ccncc1. The second-order valence-electron chi connectivity index (χ2n) is 7.06. The van der Waals surface area contributed by atoms with Gasteiger partial charge in [0, 0.05) is 24.6 Å². The van der Waals surface area contributed by atoms with Crippen LogP contribution in [0.3, 0.4) is 0 Å². The number of pyridine rings is 1. The lowest BCUT2D eigenvalue weighted by atomic mass is 10.0. The monoisotopic (exact) mass is 375 g/mol. The summed E-state index contributed by atoms with van der Waals surface area (Å²) in [5.41, 5.74) is 3.77. The summed E-state index contributed by atoms with van der Waals surface area (Å²) in [7, 11) is 0. The fourth-order valence-corrected chi connectivity index (χ4v) is 3.68. The molecular formula is C23H22FN3O. The predicted molar refractivity (Wildman–Crippen MR) is 108 cm³/mol. The number of aromatic nitrogens is 1. The Kier molecular flexibility index (Phi) is 5.44. The predicted octanol–water partition coefficient (Wildman–Crippen LogP) is 4.49. The Balaban J connectivity index is 1.45. The molecule has 0 saturated carbocycles. The minimum atomic E-state index is -0.260. The minimum absolute atomic E-state index is 0.0165. The standard InChI is InChI=1S/C23H22FN3O/c24-20-8-6-18(7-9-20)19-3-1-4-21(15-19)26-23(28)22-5-2-14-27(22)16-17-10-12-25-13-11-17/h1,3-4,6-13,15,22H,2,5,14,16H2,(H,26,28). The van der Waals surface area contributed by atoms with Crippen LogP contribution in [0.25, 0.3) is 11.1 Å². The Morgan fingerprint density at radius 3 is 2.64 bits per heavy atom. The zero-order valence-corrected chi connectivity index (χ0v) is 15.5. The van der Waals surface area contributed by atoms with E-state index in [0.29, 0.717) is 0 Å². The molecule has 1 fully saturated rings. The Bertz CT molecular complexity index is 944. The highest BCUT2D eigenvalue weighted by molar-refractivity contribution is 5.95. The zero-order chi connectivity index (χ0) is 19.3. The highest BCUT2D eigenvalue weighted by atomic mass is 19.1. The van der Waals surface area contributed by atoms with Gasteiger partial charge in [-0.25, -0.2) is 4.39 Å². The molecule has 2 aromatic carbocycles. The maximum absolute atomic E-state index is 13.2. The van der Waals surface area contributed by atoms with E-state index < -0.39 is 0 Å². The highest BCUT2D eigenvalue weighted by Gasteiger charge is 2.30. The first-order valence-electron chi connectivity index (χ1n) is 9.49. The van der Waals surface area contributed by atoms with Crippen LogP contribution in [0.4, 0.5) is 10.1 Å². The molecule has 4 rings (SSSR count). The van der Waals surface area contributed by atoms with E-state index in [4.69, 9.17) is 0 Å². The topological polar surface area (TPSA) is 45.2 Å². The van der Waals surface area contributed by atoms with Crippen LogP contribution < -0.4 is 5.32 Å². The van der Waals surface area contributed by atoms with E-state index in [0.717, 1.165) is 48.3 Å². The fourth-order valence-electron chi connectivity index (χ4n) is 3.68. The van der Waals surface area contributed by atoms with Gasteiger partial charge in [-0.15, -0.1) is 0 Å². The molecular weight excluding hydrogens is 353 g/mol. The third-order valence-electron chi connectivity index (χ3n) is 5.11. The van der Waals surface area contributed by atoms with E-state index in [-0.39, 0.29) is 17.8 Å². The number of nitrogens with zero attached hydrogens (tertiary/aromatic N) is 2. The lowest BCUT2D eigenvalue weighted by Crippen LogP contribution is -2.39. The van der Waals surface area contributed by atoms with Crippen molar-refractivity contribution in [2.45, 2.75) is 25.4 Å². The van der Waals surface area contributed by atoms with Gasteiger partial charge in [-0.1, -0.05) is 24.3 Å². The molecule has 1 unspecified atom stereocenters. The number of hydrogen-bond acceptors (Lipinski definition) is 3. The third-order valence-corrected chi connectivity index (χ3v) is 5.11. The van der Waals surface area contributed by atoms with Gasteiger partial charge in [0.2, 0.25) is 5.91 Å². The quantitative estimate of drug-likeness (QED) is 0.715. The van der Waals surface area contributed by atoms with Crippen molar-refractivity contribution >= 4 is 11.6 Å². The van der Waals surface area contributed by atoms with Gasteiger partial charge in [0.1, 0.15) is 5.82 Å². The van der Waals surface area contributed by atoms with Crippen LogP contribution in [0.5, 0.6) is 0 Å². The number of halogens is 1. The van der Waals surface area contributed by atoms with Gasteiger partial charge in [-0.2, -0.15) is 0 Å². The number of amides is 1. The maximum atomic E-state index is 13.2. The van der Waals surface area contributed by atoms with Gasteiger partial charge in [0.05, 0.1) is 6.04 Å². The largest absolute Gasteiger partial charge is 0.325 e. The summed E-state index contributed by atoms with van der Waals surface area (Å²) in [6.07, 6.45) is 5.43. The first kappa shape index (κ1) is 18.3. The molecule has 0 radical (unpaired) electrons. The Hall–Kier alpha value is -3.05. The van der Waals surface area contributed by atoms with E-state index in [9.17, 15) is 9.18 Å². The summed E-state index contributed by atoms with van der Waals surface area (Å²) in [5.74, 6) is -0.244. The number of carbonyl (C=O) groups is 1. The molecule has 1 aliphatic rings. The molecule has 2 heterocycles. The van der Waals surface area contributed by atoms with Crippen molar-refractivity contribution in [3.8, 4) is 11.1 Å². The van der Waals surface area contributed by atoms with Crippen LogP contribution in [-0.2, 0) is 11.3 Å². The molecule has 0 spiro atoms. The third kappa shape index (κ3) is 4.26. The number of anilines is 1. The second-order valence-corrected chi connectivity index (χ2v) is 7.06.